The third-order valence-corrected chi connectivity index (χ3v) is 4.92. The first-order chi connectivity index (χ1) is 11.5. The molecule has 0 aliphatic heterocycles. The summed E-state index contributed by atoms with van der Waals surface area (Å²) in [6.07, 6.45) is -4.99. The van der Waals surface area contributed by atoms with Gasteiger partial charge in [0.25, 0.3) is 10.0 Å². The van der Waals surface area contributed by atoms with E-state index >= 15 is 0 Å². The second-order valence-corrected chi connectivity index (χ2v) is 7.44. The summed E-state index contributed by atoms with van der Waals surface area (Å²) in [6, 6.07) is 9.92. The van der Waals surface area contributed by atoms with E-state index in [0.29, 0.717) is 11.3 Å². The molecule has 25 heavy (non-hydrogen) atoms. The molecule has 0 unspecified atom stereocenters. The van der Waals surface area contributed by atoms with Gasteiger partial charge < -0.3 is 4.74 Å². The molecule has 0 amide bonds. The van der Waals surface area contributed by atoms with Crippen molar-refractivity contribution in [1.82, 2.24) is 0 Å². The van der Waals surface area contributed by atoms with E-state index in [4.69, 9.17) is 0 Å². The second kappa shape index (κ2) is 6.95. The Labute approximate surface area is 144 Å². The van der Waals surface area contributed by atoms with Crippen LogP contribution in [0.2, 0.25) is 0 Å². The molecule has 0 saturated carbocycles. The zero-order chi connectivity index (χ0) is 18.8. The van der Waals surface area contributed by atoms with E-state index in [0.717, 1.165) is 17.7 Å². The van der Waals surface area contributed by atoms with Gasteiger partial charge in [-0.1, -0.05) is 44.2 Å². The molecule has 8 heteroatoms. The van der Waals surface area contributed by atoms with Gasteiger partial charge in [0, 0.05) is 0 Å². The average Bonchev–Trinajstić information content (AvgIpc) is 2.47. The standard InChI is InChI=1S/C17H18F3NO3S/c1-11(2)13-8-6-7-12(3)16(13)21-25(22,23)15-10-5-4-9-14(15)24-17(18,19)20/h4-11,21H,1-3H3. The van der Waals surface area contributed by atoms with Gasteiger partial charge in [-0.15, -0.1) is 13.2 Å². The van der Waals surface area contributed by atoms with E-state index in [9.17, 15) is 21.6 Å². The summed E-state index contributed by atoms with van der Waals surface area (Å²) in [6.45, 7) is 5.52. The smallest absolute Gasteiger partial charge is 0.404 e. The van der Waals surface area contributed by atoms with Gasteiger partial charge >= 0.3 is 6.36 Å². The van der Waals surface area contributed by atoms with Crippen LogP contribution in [-0.2, 0) is 10.0 Å². The molecule has 2 aromatic rings. The number of rotatable bonds is 5. The number of ether oxygens (including phenoxy) is 1. The zero-order valence-electron chi connectivity index (χ0n) is 13.9. The Hall–Kier alpha value is -2.22. The SMILES string of the molecule is Cc1cccc(C(C)C)c1NS(=O)(=O)c1ccccc1OC(F)(F)F. The molecule has 136 valence electrons. The van der Waals surface area contributed by atoms with Crippen molar-refractivity contribution in [2.24, 2.45) is 0 Å². The third-order valence-electron chi connectivity index (χ3n) is 3.53. The van der Waals surface area contributed by atoms with E-state index in [1.165, 1.54) is 12.1 Å². The average molecular weight is 373 g/mol. The topological polar surface area (TPSA) is 55.4 Å². The summed E-state index contributed by atoms with van der Waals surface area (Å²) in [5.74, 6) is -0.749. The van der Waals surface area contributed by atoms with Crippen LogP contribution >= 0.6 is 0 Å². The first-order valence-electron chi connectivity index (χ1n) is 7.48. The molecule has 0 aromatic heterocycles. The molecular formula is C17H18F3NO3S. The van der Waals surface area contributed by atoms with Crippen LogP contribution in [0.1, 0.15) is 30.9 Å². The van der Waals surface area contributed by atoms with Crippen LogP contribution in [-0.4, -0.2) is 14.8 Å². The zero-order valence-corrected chi connectivity index (χ0v) is 14.7. The summed E-state index contributed by atoms with van der Waals surface area (Å²) in [5, 5.41) is 0. The molecule has 0 bridgehead atoms. The van der Waals surface area contributed by atoms with E-state index in [1.54, 1.807) is 25.1 Å². The number of halogens is 3. The molecule has 0 fully saturated rings. The maximum atomic E-state index is 12.7. The highest BCUT2D eigenvalue weighted by Crippen LogP contribution is 2.33. The van der Waals surface area contributed by atoms with Crippen LogP contribution in [0.4, 0.5) is 18.9 Å². The van der Waals surface area contributed by atoms with Crippen molar-refractivity contribution >= 4 is 15.7 Å². The Morgan fingerprint density at radius 3 is 2.28 bits per heavy atom. The Kier molecular flexibility index (Phi) is 5.31. The maximum absolute atomic E-state index is 12.7. The number of nitrogens with one attached hydrogen (secondary N) is 1. The molecule has 2 aromatic carbocycles. The van der Waals surface area contributed by atoms with E-state index in [2.05, 4.69) is 9.46 Å². The monoisotopic (exact) mass is 373 g/mol. The number of hydrogen-bond acceptors (Lipinski definition) is 3. The second-order valence-electron chi connectivity index (χ2n) is 5.79. The lowest BCUT2D eigenvalue weighted by Crippen LogP contribution is -2.21. The van der Waals surface area contributed by atoms with Crippen LogP contribution in [0.5, 0.6) is 5.75 Å². The Balaban J connectivity index is 2.49. The lowest BCUT2D eigenvalue weighted by Gasteiger charge is -2.19. The molecule has 0 spiro atoms. The largest absolute Gasteiger partial charge is 0.573 e. The summed E-state index contributed by atoms with van der Waals surface area (Å²) in [4.78, 5) is -0.578. The van der Waals surface area contributed by atoms with Gasteiger partial charge in [0.2, 0.25) is 0 Å². The summed E-state index contributed by atoms with van der Waals surface area (Å²) < 4.78 is 69.2. The number of benzene rings is 2. The lowest BCUT2D eigenvalue weighted by atomic mass is 9.99. The highest BCUT2D eigenvalue weighted by molar-refractivity contribution is 7.92. The fraction of sp³-hybridized carbons (Fsp3) is 0.294. The molecule has 0 heterocycles. The molecule has 1 N–H and O–H groups in total. The Bertz CT molecular complexity index is 862. The highest BCUT2D eigenvalue weighted by atomic mass is 32.2. The van der Waals surface area contributed by atoms with Crippen molar-refractivity contribution in [3.8, 4) is 5.75 Å². The van der Waals surface area contributed by atoms with E-state index in [-0.39, 0.29) is 5.92 Å². The molecule has 0 aliphatic carbocycles. The van der Waals surface area contributed by atoms with Crippen molar-refractivity contribution in [1.29, 1.82) is 0 Å². The van der Waals surface area contributed by atoms with Crippen molar-refractivity contribution < 1.29 is 26.3 Å². The quantitative estimate of drug-likeness (QED) is 0.818. The van der Waals surface area contributed by atoms with Gasteiger partial charge in [0.15, 0.2) is 0 Å². The summed E-state index contributed by atoms with van der Waals surface area (Å²) in [7, 11) is -4.27. The molecule has 0 aliphatic rings. The minimum Gasteiger partial charge on any atom is -0.404 e. The van der Waals surface area contributed by atoms with Crippen LogP contribution in [0, 0.1) is 6.92 Å². The Morgan fingerprint density at radius 1 is 1.04 bits per heavy atom. The molecule has 0 radical (unpaired) electrons. The number of sulfonamides is 1. The first-order valence-corrected chi connectivity index (χ1v) is 8.96. The van der Waals surface area contributed by atoms with Crippen LogP contribution in [0.25, 0.3) is 0 Å². The number of aryl methyl sites for hydroxylation is 1. The number of para-hydroxylation sites is 2. The molecule has 4 nitrogen and oxygen atoms in total. The predicted octanol–water partition coefficient (Wildman–Crippen LogP) is 4.82. The lowest BCUT2D eigenvalue weighted by molar-refractivity contribution is -0.275. The van der Waals surface area contributed by atoms with Gasteiger partial charge in [-0.05, 0) is 36.1 Å². The number of alkyl halides is 3. The first kappa shape index (κ1) is 19.1. The minimum absolute atomic E-state index is 0.0271. The van der Waals surface area contributed by atoms with Crippen LogP contribution in [0.3, 0.4) is 0 Å². The van der Waals surface area contributed by atoms with Gasteiger partial charge in [0.05, 0.1) is 5.69 Å². The van der Waals surface area contributed by atoms with Gasteiger partial charge in [-0.25, -0.2) is 8.42 Å². The minimum atomic E-state index is -4.99. The van der Waals surface area contributed by atoms with Gasteiger partial charge in [0.1, 0.15) is 10.6 Å². The molecular weight excluding hydrogens is 355 g/mol. The Morgan fingerprint density at radius 2 is 1.68 bits per heavy atom. The summed E-state index contributed by atoms with van der Waals surface area (Å²) >= 11 is 0. The number of anilines is 1. The number of hydrogen-bond donors (Lipinski definition) is 1. The van der Waals surface area contributed by atoms with E-state index in [1.807, 2.05) is 13.8 Å². The van der Waals surface area contributed by atoms with Gasteiger partial charge in [-0.2, -0.15) is 0 Å². The fourth-order valence-electron chi connectivity index (χ4n) is 2.38. The maximum Gasteiger partial charge on any atom is 0.573 e. The fourth-order valence-corrected chi connectivity index (χ4v) is 3.67. The summed E-state index contributed by atoms with van der Waals surface area (Å²) in [5.41, 5.74) is 1.78. The van der Waals surface area contributed by atoms with Crippen molar-refractivity contribution in [3.05, 3.63) is 53.6 Å². The van der Waals surface area contributed by atoms with Crippen LogP contribution in [0.15, 0.2) is 47.4 Å². The third kappa shape index (κ3) is 4.66. The van der Waals surface area contributed by atoms with Crippen molar-refractivity contribution in [3.63, 3.8) is 0 Å². The van der Waals surface area contributed by atoms with Crippen LogP contribution < -0.4 is 9.46 Å². The highest BCUT2D eigenvalue weighted by Gasteiger charge is 2.34. The molecule has 0 atom stereocenters. The van der Waals surface area contributed by atoms with E-state index < -0.39 is 27.0 Å². The normalized spacial score (nSPS) is 12.3. The van der Waals surface area contributed by atoms with Gasteiger partial charge in [-0.3, -0.25) is 4.72 Å². The van der Waals surface area contributed by atoms with Crippen molar-refractivity contribution in [2.75, 3.05) is 4.72 Å². The predicted molar refractivity (Wildman–Crippen MR) is 89.2 cm³/mol. The van der Waals surface area contributed by atoms with Crippen molar-refractivity contribution in [2.45, 2.75) is 37.9 Å². The molecule has 2 rings (SSSR count). The molecule has 0 saturated heterocycles.